The van der Waals surface area contributed by atoms with Crippen LogP contribution in [0.2, 0.25) is 0 Å². The van der Waals surface area contributed by atoms with E-state index in [9.17, 15) is 9.18 Å². The Kier molecular flexibility index (Phi) is 5.53. The molecule has 8 heteroatoms. The second-order valence-corrected chi connectivity index (χ2v) is 5.49. The fraction of sp³-hybridized carbons (Fsp3) is 0.200. The lowest BCUT2D eigenvalue weighted by atomic mass is 10.4. The molecule has 0 aliphatic carbocycles. The van der Waals surface area contributed by atoms with Gasteiger partial charge in [-0.3, -0.25) is 4.68 Å². The second-order valence-electron chi connectivity index (χ2n) is 4.49. The Morgan fingerprint density at radius 3 is 2.48 bits per heavy atom. The van der Waals surface area contributed by atoms with Crippen LogP contribution in [0.3, 0.4) is 0 Å². The van der Waals surface area contributed by atoms with Gasteiger partial charge in [-0.2, -0.15) is 0 Å². The number of aromatic carboxylic acids is 1. The first-order valence-corrected chi connectivity index (χ1v) is 7.64. The highest BCUT2D eigenvalue weighted by Gasteiger charge is 2.16. The summed E-state index contributed by atoms with van der Waals surface area (Å²) in [7, 11) is 0. The molecule has 3 rings (SSSR count). The van der Waals surface area contributed by atoms with Gasteiger partial charge in [-0.15, -0.1) is 16.4 Å². The van der Waals surface area contributed by atoms with Crippen LogP contribution in [0.4, 0.5) is 4.39 Å². The Morgan fingerprint density at radius 1 is 1.35 bits per heavy atom. The second kappa shape index (κ2) is 7.59. The quantitative estimate of drug-likeness (QED) is 0.795. The summed E-state index contributed by atoms with van der Waals surface area (Å²) in [6.07, 6.45) is 1.75. The van der Waals surface area contributed by atoms with Gasteiger partial charge in [0.1, 0.15) is 21.4 Å². The molecule has 6 nitrogen and oxygen atoms in total. The molecule has 0 atom stereocenters. The number of benzene rings is 1. The minimum Gasteiger partial charge on any atom is -0.477 e. The lowest BCUT2D eigenvalue weighted by Gasteiger charge is -1.87. The topological polar surface area (TPSA) is 80.9 Å². The van der Waals surface area contributed by atoms with Crippen LogP contribution in [0.1, 0.15) is 22.3 Å². The third-order valence-corrected chi connectivity index (χ3v) is 3.97. The van der Waals surface area contributed by atoms with E-state index in [4.69, 9.17) is 5.11 Å². The number of thiazole rings is 1. The first kappa shape index (κ1) is 16.8. The summed E-state index contributed by atoms with van der Waals surface area (Å²) in [5.41, 5.74) is 1.13. The molecule has 0 unspecified atom stereocenters. The summed E-state index contributed by atoms with van der Waals surface area (Å²) in [6.45, 7) is 4.35. The zero-order valence-corrected chi connectivity index (χ0v) is 13.4. The predicted molar refractivity (Wildman–Crippen MR) is 84.9 cm³/mol. The number of halogens is 1. The number of carboxylic acids is 1. The van der Waals surface area contributed by atoms with Crippen molar-refractivity contribution in [3.05, 3.63) is 52.9 Å². The zero-order valence-electron chi connectivity index (χ0n) is 12.6. The average Bonchev–Trinajstić information content (AvgIpc) is 3.14. The van der Waals surface area contributed by atoms with Crippen molar-refractivity contribution < 1.29 is 14.3 Å². The Balaban J connectivity index is 0.000000229. The van der Waals surface area contributed by atoms with Crippen molar-refractivity contribution in [2.75, 3.05) is 0 Å². The molecule has 0 saturated carbocycles. The number of aryl methyl sites for hydroxylation is 2. The minimum atomic E-state index is -0.955. The average molecular weight is 334 g/mol. The molecule has 0 radical (unpaired) electrons. The molecule has 3 aromatic rings. The molecule has 120 valence electrons. The summed E-state index contributed by atoms with van der Waals surface area (Å²) >= 11 is 1.12. The molecule has 1 N–H and O–H groups in total. The maximum absolute atomic E-state index is 11.9. The van der Waals surface area contributed by atoms with Crippen molar-refractivity contribution in [3.63, 3.8) is 0 Å². The van der Waals surface area contributed by atoms with Crippen LogP contribution < -0.4 is 0 Å². The Labute approximate surface area is 136 Å². The van der Waals surface area contributed by atoms with Crippen LogP contribution in [-0.2, 0) is 6.54 Å². The molecule has 0 aliphatic rings. The SMILES string of the molecule is CCn1cc(-c2nc(C)c(C(=O)O)s2)nn1.Fc1ccccc1. The minimum absolute atomic E-state index is 0.178. The summed E-state index contributed by atoms with van der Waals surface area (Å²) in [6, 6.07) is 7.94. The molecule has 0 aliphatic heterocycles. The normalized spacial score (nSPS) is 10.0. The maximum atomic E-state index is 11.9. The molecule has 0 saturated heterocycles. The molecule has 0 amide bonds. The van der Waals surface area contributed by atoms with Gasteiger partial charge in [0, 0.05) is 6.54 Å². The predicted octanol–water partition coefficient (Wildman–Crippen LogP) is 3.25. The van der Waals surface area contributed by atoms with Crippen LogP contribution in [0.15, 0.2) is 36.5 Å². The van der Waals surface area contributed by atoms with Crippen LogP contribution in [0.25, 0.3) is 10.7 Å². The van der Waals surface area contributed by atoms with Gasteiger partial charge in [0.2, 0.25) is 0 Å². The third-order valence-electron chi connectivity index (χ3n) is 2.81. The van der Waals surface area contributed by atoms with E-state index in [0.717, 1.165) is 17.9 Å². The van der Waals surface area contributed by atoms with Gasteiger partial charge in [-0.1, -0.05) is 23.4 Å². The summed E-state index contributed by atoms with van der Waals surface area (Å²) in [5.74, 6) is -1.13. The molecule has 2 heterocycles. The lowest BCUT2D eigenvalue weighted by molar-refractivity contribution is 0.0701. The van der Waals surface area contributed by atoms with E-state index in [1.165, 1.54) is 12.1 Å². The fourth-order valence-corrected chi connectivity index (χ4v) is 2.52. The standard InChI is InChI=1S/C9H10N4O2S.C6H5F/c1-3-13-4-6(11-12-13)8-10-5(2)7(16-8)9(14)15;7-6-4-2-1-3-5-6/h4H,3H2,1-2H3,(H,14,15);1-5H. The number of nitrogens with zero attached hydrogens (tertiary/aromatic N) is 4. The molecule has 0 spiro atoms. The van der Waals surface area contributed by atoms with Crippen molar-refractivity contribution in [3.8, 4) is 10.7 Å². The molecular formula is C15H15FN4O2S. The molecule has 2 aromatic heterocycles. The van der Waals surface area contributed by atoms with E-state index in [0.29, 0.717) is 16.4 Å². The Morgan fingerprint density at radius 2 is 2.04 bits per heavy atom. The molecular weight excluding hydrogens is 319 g/mol. The summed E-state index contributed by atoms with van der Waals surface area (Å²) in [4.78, 5) is 15.3. The largest absolute Gasteiger partial charge is 0.477 e. The van der Waals surface area contributed by atoms with Gasteiger partial charge in [0.05, 0.1) is 11.9 Å². The molecule has 1 aromatic carbocycles. The van der Waals surface area contributed by atoms with Gasteiger partial charge >= 0.3 is 5.97 Å². The zero-order chi connectivity index (χ0) is 16.8. The van der Waals surface area contributed by atoms with E-state index in [1.807, 2.05) is 6.92 Å². The monoisotopic (exact) mass is 334 g/mol. The van der Waals surface area contributed by atoms with Crippen molar-refractivity contribution in [2.24, 2.45) is 0 Å². The van der Waals surface area contributed by atoms with E-state index < -0.39 is 5.97 Å². The summed E-state index contributed by atoms with van der Waals surface area (Å²) < 4.78 is 13.6. The van der Waals surface area contributed by atoms with Crippen molar-refractivity contribution in [1.29, 1.82) is 0 Å². The lowest BCUT2D eigenvalue weighted by Crippen LogP contribution is -1.94. The highest BCUT2D eigenvalue weighted by Crippen LogP contribution is 2.26. The van der Waals surface area contributed by atoms with E-state index in [1.54, 1.807) is 36.0 Å². The first-order chi connectivity index (χ1) is 11.0. The van der Waals surface area contributed by atoms with Crippen molar-refractivity contribution in [2.45, 2.75) is 20.4 Å². The highest BCUT2D eigenvalue weighted by molar-refractivity contribution is 7.16. The number of aromatic nitrogens is 4. The van der Waals surface area contributed by atoms with Crippen molar-refractivity contribution >= 4 is 17.3 Å². The number of hydrogen-bond acceptors (Lipinski definition) is 5. The Hall–Kier alpha value is -2.61. The molecule has 0 bridgehead atoms. The van der Waals surface area contributed by atoms with Gasteiger partial charge in [0.25, 0.3) is 0 Å². The van der Waals surface area contributed by atoms with Gasteiger partial charge in [-0.05, 0) is 26.0 Å². The number of carbonyl (C=O) groups is 1. The molecule has 23 heavy (non-hydrogen) atoms. The van der Waals surface area contributed by atoms with Crippen LogP contribution in [-0.4, -0.2) is 31.1 Å². The smallest absolute Gasteiger partial charge is 0.347 e. The third kappa shape index (κ3) is 4.43. The number of carboxylic acid groups (broad SMARTS) is 1. The van der Waals surface area contributed by atoms with Crippen LogP contribution >= 0.6 is 11.3 Å². The van der Waals surface area contributed by atoms with Crippen LogP contribution in [0, 0.1) is 12.7 Å². The van der Waals surface area contributed by atoms with Gasteiger partial charge < -0.3 is 5.11 Å². The molecule has 0 fully saturated rings. The first-order valence-electron chi connectivity index (χ1n) is 6.83. The van der Waals surface area contributed by atoms with Gasteiger partial charge in [-0.25, -0.2) is 14.2 Å². The van der Waals surface area contributed by atoms with Gasteiger partial charge in [0.15, 0.2) is 0 Å². The summed E-state index contributed by atoms with van der Waals surface area (Å²) in [5, 5.41) is 17.3. The number of rotatable bonds is 3. The van der Waals surface area contributed by atoms with Crippen LogP contribution in [0.5, 0.6) is 0 Å². The van der Waals surface area contributed by atoms with E-state index in [2.05, 4.69) is 15.3 Å². The highest BCUT2D eigenvalue weighted by atomic mass is 32.1. The van der Waals surface area contributed by atoms with E-state index in [-0.39, 0.29) is 10.7 Å². The fourth-order valence-electron chi connectivity index (χ4n) is 1.67. The van der Waals surface area contributed by atoms with E-state index >= 15 is 0 Å². The number of hydrogen-bond donors (Lipinski definition) is 1. The Bertz CT molecular complexity index is 786. The van der Waals surface area contributed by atoms with Crippen molar-refractivity contribution in [1.82, 2.24) is 20.0 Å². The maximum Gasteiger partial charge on any atom is 0.347 e.